The van der Waals surface area contributed by atoms with E-state index in [1.807, 2.05) is 0 Å². The van der Waals surface area contributed by atoms with Crippen LogP contribution in [0.4, 0.5) is 0 Å². The monoisotopic (exact) mass is 261 g/mol. The molecule has 1 nitrogen and oxygen atoms in total. The third-order valence-corrected chi connectivity index (χ3v) is 8.46. The molecule has 4 aliphatic rings. The molecule has 0 aliphatic heterocycles. The fourth-order valence-electron chi connectivity index (χ4n) is 7.41. The van der Waals surface area contributed by atoms with Gasteiger partial charge in [0, 0.05) is 0 Å². The van der Waals surface area contributed by atoms with Crippen molar-refractivity contribution in [3.05, 3.63) is 0 Å². The zero-order valence-corrected chi connectivity index (χ0v) is 13.1. The summed E-state index contributed by atoms with van der Waals surface area (Å²) in [5.41, 5.74) is 6.94. The van der Waals surface area contributed by atoms with Crippen molar-refractivity contribution in [3.8, 4) is 0 Å². The molecule has 108 valence electrons. The van der Waals surface area contributed by atoms with E-state index in [0.717, 1.165) is 59.8 Å². The molecule has 19 heavy (non-hydrogen) atoms. The predicted molar refractivity (Wildman–Crippen MR) is 79.4 cm³/mol. The topological polar surface area (TPSA) is 26.0 Å². The minimum absolute atomic E-state index is 0.487. The van der Waals surface area contributed by atoms with Crippen molar-refractivity contribution in [2.45, 2.75) is 47.0 Å². The first-order valence-electron chi connectivity index (χ1n) is 8.77. The molecule has 4 aliphatic carbocycles. The maximum atomic E-state index is 6.45. The Bertz CT molecular complexity index is 375. The van der Waals surface area contributed by atoms with Crippen LogP contribution in [0.25, 0.3) is 0 Å². The second kappa shape index (κ2) is 3.78. The lowest BCUT2D eigenvalue weighted by atomic mass is 9.56. The maximum absolute atomic E-state index is 6.45. The smallest absolute Gasteiger partial charge is 0.00123 e. The summed E-state index contributed by atoms with van der Waals surface area (Å²) in [6.07, 6.45) is 4.44. The first kappa shape index (κ1) is 12.7. The molecular formula is C18H31N. The normalized spacial score (nSPS) is 65.8. The number of nitrogens with two attached hydrogens (primary N) is 1. The summed E-state index contributed by atoms with van der Waals surface area (Å²) < 4.78 is 0. The fourth-order valence-corrected chi connectivity index (χ4v) is 7.41. The summed E-state index contributed by atoms with van der Waals surface area (Å²) in [7, 11) is 0. The van der Waals surface area contributed by atoms with Crippen molar-refractivity contribution in [2.24, 2.45) is 64.4 Å². The van der Waals surface area contributed by atoms with Crippen molar-refractivity contribution >= 4 is 0 Å². The Balaban J connectivity index is 1.72. The average Bonchev–Trinajstić information content (AvgIpc) is 3.29. The van der Waals surface area contributed by atoms with Gasteiger partial charge in [0.25, 0.3) is 0 Å². The molecule has 0 aromatic rings. The van der Waals surface area contributed by atoms with Crippen LogP contribution in [-0.2, 0) is 0 Å². The third-order valence-electron chi connectivity index (χ3n) is 8.46. The van der Waals surface area contributed by atoms with Crippen LogP contribution < -0.4 is 5.73 Å². The van der Waals surface area contributed by atoms with Crippen LogP contribution in [0.1, 0.15) is 47.0 Å². The van der Waals surface area contributed by atoms with E-state index in [1.54, 1.807) is 0 Å². The van der Waals surface area contributed by atoms with Gasteiger partial charge in [0.15, 0.2) is 0 Å². The van der Waals surface area contributed by atoms with E-state index in [4.69, 9.17) is 5.73 Å². The minimum Gasteiger partial charge on any atom is -0.330 e. The second-order valence-electron chi connectivity index (χ2n) is 8.48. The highest BCUT2D eigenvalue weighted by Gasteiger charge is 2.71. The van der Waals surface area contributed by atoms with Crippen LogP contribution in [0.3, 0.4) is 0 Å². The second-order valence-corrected chi connectivity index (χ2v) is 8.48. The Hall–Kier alpha value is -0.0400. The zero-order valence-electron chi connectivity index (χ0n) is 13.1. The van der Waals surface area contributed by atoms with Crippen LogP contribution in [-0.4, -0.2) is 6.54 Å². The van der Waals surface area contributed by atoms with Gasteiger partial charge in [0.1, 0.15) is 0 Å². The van der Waals surface area contributed by atoms with Crippen LogP contribution >= 0.6 is 0 Å². The van der Waals surface area contributed by atoms with Gasteiger partial charge >= 0.3 is 0 Å². The number of rotatable bonds is 3. The number of hydrogen-bond acceptors (Lipinski definition) is 1. The Labute approximate surface area is 118 Å². The van der Waals surface area contributed by atoms with Gasteiger partial charge in [-0.25, -0.2) is 0 Å². The molecule has 9 unspecified atom stereocenters. The van der Waals surface area contributed by atoms with Crippen molar-refractivity contribution in [1.82, 2.24) is 0 Å². The van der Waals surface area contributed by atoms with E-state index in [1.165, 1.54) is 19.3 Å². The molecule has 1 heteroatoms. The van der Waals surface area contributed by atoms with Gasteiger partial charge in [-0.1, -0.05) is 34.1 Å². The molecule has 0 spiro atoms. The number of fused-ring (bicyclic) bond motifs is 2. The summed E-state index contributed by atoms with van der Waals surface area (Å²) in [5, 5.41) is 0. The molecule has 0 heterocycles. The van der Waals surface area contributed by atoms with Gasteiger partial charge in [-0.05, 0) is 78.1 Å². The summed E-state index contributed by atoms with van der Waals surface area (Å²) in [6.45, 7) is 11.0. The lowest BCUT2D eigenvalue weighted by molar-refractivity contribution is -0.0113. The molecule has 0 amide bonds. The van der Waals surface area contributed by atoms with Crippen molar-refractivity contribution in [3.63, 3.8) is 0 Å². The minimum atomic E-state index is 0.487. The molecule has 4 saturated carbocycles. The molecule has 4 rings (SSSR count). The van der Waals surface area contributed by atoms with Crippen molar-refractivity contribution in [2.75, 3.05) is 6.54 Å². The SMILES string of the molecule is CCC1C2CC2C(C)C1C1(CN)C(C)C2CC2C1C. The molecule has 0 bridgehead atoms. The fraction of sp³-hybridized carbons (Fsp3) is 1.00. The molecular weight excluding hydrogens is 230 g/mol. The summed E-state index contributed by atoms with van der Waals surface area (Å²) in [6, 6.07) is 0. The first-order valence-corrected chi connectivity index (χ1v) is 8.77. The lowest BCUT2D eigenvalue weighted by Crippen LogP contribution is -2.50. The van der Waals surface area contributed by atoms with Crippen LogP contribution in [0.5, 0.6) is 0 Å². The Kier molecular flexibility index (Phi) is 2.52. The predicted octanol–water partition coefficient (Wildman–Crippen LogP) is 3.78. The largest absolute Gasteiger partial charge is 0.330 e. The summed E-state index contributed by atoms with van der Waals surface area (Å²) in [4.78, 5) is 0. The third kappa shape index (κ3) is 1.32. The van der Waals surface area contributed by atoms with Crippen LogP contribution in [0.2, 0.25) is 0 Å². The standard InChI is InChI=1S/C18H31N/c1-5-12-16-6-13(16)9(2)17(12)18(8-19)10(3)14-7-15(14)11(18)4/h9-17H,5-8,19H2,1-4H3. The molecule has 0 aromatic heterocycles. The quantitative estimate of drug-likeness (QED) is 0.822. The summed E-state index contributed by atoms with van der Waals surface area (Å²) >= 11 is 0. The number of hydrogen-bond donors (Lipinski definition) is 1. The molecule has 0 aromatic carbocycles. The summed E-state index contributed by atoms with van der Waals surface area (Å²) in [5.74, 6) is 8.84. The Morgan fingerprint density at radius 1 is 0.947 bits per heavy atom. The van der Waals surface area contributed by atoms with Gasteiger partial charge in [-0.3, -0.25) is 0 Å². The van der Waals surface area contributed by atoms with Gasteiger partial charge in [-0.15, -0.1) is 0 Å². The molecule has 2 N–H and O–H groups in total. The van der Waals surface area contributed by atoms with Gasteiger partial charge in [-0.2, -0.15) is 0 Å². The first-order chi connectivity index (χ1) is 9.07. The highest BCUT2D eigenvalue weighted by atomic mass is 14.8. The Morgan fingerprint density at radius 2 is 1.53 bits per heavy atom. The molecule has 4 fully saturated rings. The molecule has 0 saturated heterocycles. The van der Waals surface area contributed by atoms with Crippen LogP contribution in [0, 0.1) is 58.7 Å². The van der Waals surface area contributed by atoms with E-state index < -0.39 is 0 Å². The Morgan fingerprint density at radius 3 is 2.05 bits per heavy atom. The molecule has 0 radical (unpaired) electrons. The highest BCUT2D eigenvalue weighted by Crippen LogP contribution is 2.75. The molecule has 9 atom stereocenters. The zero-order chi connectivity index (χ0) is 13.5. The van der Waals surface area contributed by atoms with E-state index in [9.17, 15) is 0 Å². The van der Waals surface area contributed by atoms with Gasteiger partial charge in [0.2, 0.25) is 0 Å². The van der Waals surface area contributed by atoms with Gasteiger partial charge < -0.3 is 5.73 Å². The van der Waals surface area contributed by atoms with Crippen molar-refractivity contribution in [1.29, 1.82) is 0 Å². The van der Waals surface area contributed by atoms with E-state index >= 15 is 0 Å². The average molecular weight is 261 g/mol. The van der Waals surface area contributed by atoms with E-state index in [0.29, 0.717) is 5.41 Å². The maximum Gasteiger partial charge on any atom is -0.00123 e. The van der Waals surface area contributed by atoms with Crippen molar-refractivity contribution < 1.29 is 0 Å². The lowest BCUT2D eigenvalue weighted by Gasteiger charge is -2.50. The van der Waals surface area contributed by atoms with Gasteiger partial charge in [0.05, 0.1) is 0 Å². The van der Waals surface area contributed by atoms with E-state index in [-0.39, 0.29) is 0 Å². The van der Waals surface area contributed by atoms with E-state index in [2.05, 4.69) is 27.7 Å². The highest BCUT2D eigenvalue weighted by molar-refractivity contribution is 5.19. The van der Waals surface area contributed by atoms with Crippen LogP contribution in [0.15, 0.2) is 0 Å².